The molecule has 1 amide bonds. The number of amides is 1. The van der Waals surface area contributed by atoms with Gasteiger partial charge in [0, 0.05) is 6.20 Å². The molecule has 1 heterocycles. The van der Waals surface area contributed by atoms with Crippen LogP contribution in [0.25, 0.3) is 0 Å². The van der Waals surface area contributed by atoms with Gasteiger partial charge in [-0.1, -0.05) is 30.3 Å². The van der Waals surface area contributed by atoms with E-state index in [1.165, 1.54) is 18.3 Å². The van der Waals surface area contributed by atoms with Gasteiger partial charge in [-0.3, -0.25) is 9.69 Å². The second kappa shape index (κ2) is 7.56. The number of aromatic nitrogens is 1. The Labute approximate surface area is 132 Å². The summed E-state index contributed by atoms with van der Waals surface area (Å²) in [4.78, 5) is 27.9. The van der Waals surface area contributed by atoms with Crippen LogP contribution in [0.2, 0.25) is 0 Å². The van der Waals surface area contributed by atoms with E-state index < -0.39 is 18.6 Å². The number of nitriles is 1. The summed E-state index contributed by atoms with van der Waals surface area (Å²) in [5, 5.41) is 17.7. The molecule has 0 saturated heterocycles. The van der Waals surface area contributed by atoms with Crippen molar-refractivity contribution in [3.8, 4) is 6.07 Å². The number of nitrogens with zero attached hydrogens (tertiary/aromatic N) is 3. The molecular formula is C16H13N3O4. The smallest absolute Gasteiger partial charge is 0.416 e. The first-order chi connectivity index (χ1) is 11.1. The van der Waals surface area contributed by atoms with Crippen molar-refractivity contribution in [3.63, 3.8) is 0 Å². The van der Waals surface area contributed by atoms with Crippen molar-refractivity contribution in [3.05, 3.63) is 59.8 Å². The van der Waals surface area contributed by atoms with E-state index >= 15 is 0 Å². The van der Waals surface area contributed by atoms with Crippen molar-refractivity contribution >= 4 is 17.9 Å². The second-order valence-electron chi connectivity index (χ2n) is 4.54. The van der Waals surface area contributed by atoms with Crippen LogP contribution in [-0.2, 0) is 16.1 Å². The van der Waals surface area contributed by atoms with Crippen LogP contribution >= 0.6 is 0 Å². The summed E-state index contributed by atoms with van der Waals surface area (Å²) in [6, 6.07) is 13.8. The molecule has 116 valence electrons. The lowest BCUT2D eigenvalue weighted by molar-refractivity contribution is -0.135. The Hall–Kier alpha value is -3.40. The van der Waals surface area contributed by atoms with Gasteiger partial charge in [-0.2, -0.15) is 5.26 Å². The van der Waals surface area contributed by atoms with Crippen molar-refractivity contribution in [1.29, 1.82) is 5.26 Å². The van der Waals surface area contributed by atoms with Gasteiger partial charge in [-0.25, -0.2) is 9.78 Å². The molecule has 0 saturated carbocycles. The molecular weight excluding hydrogens is 298 g/mol. The predicted molar refractivity (Wildman–Crippen MR) is 80.6 cm³/mol. The molecule has 7 nitrogen and oxygen atoms in total. The number of benzene rings is 1. The molecule has 0 fully saturated rings. The van der Waals surface area contributed by atoms with Crippen LogP contribution in [0.3, 0.4) is 0 Å². The lowest BCUT2D eigenvalue weighted by Gasteiger charge is -2.19. The summed E-state index contributed by atoms with van der Waals surface area (Å²) in [7, 11) is 0. The third kappa shape index (κ3) is 4.54. The van der Waals surface area contributed by atoms with E-state index in [1.54, 1.807) is 24.3 Å². The molecule has 0 spiro atoms. The Morgan fingerprint density at radius 3 is 2.52 bits per heavy atom. The number of carboxylic acids is 1. The molecule has 1 aromatic heterocycles. The number of carbonyl (C=O) groups excluding carboxylic acids is 1. The Morgan fingerprint density at radius 2 is 1.96 bits per heavy atom. The zero-order valence-electron chi connectivity index (χ0n) is 12.0. The van der Waals surface area contributed by atoms with Gasteiger partial charge in [0.1, 0.15) is 25.0 Å². The van der Waals surface area contributed by atoms with Crippen molar-refractivity contribution in [1.82, 2.24) is 4.98 Å². The first kappa shape index (κ1) is 16.0. The van der Waals surface area contributed by atoms with E-state index in [4.69, 9.17) is 15.1 Å². The number of hydrogen-bond donors (Lipinski definition) is 1. The molecule has 1 N–H and O–H groups in total. The number of hydrogen-bond acceptors (Lipinski definition) is 5. The molecule has 0 unspecified atom stereocenters. The highest BCUT2D eigenvalue weighted by Gasteiger charge is 2.21. The van der Waals surface area contributed by atoms with Gasteiger partial charge in [0.15, 0.2) is 0 Å². The predicted octanol–water partition coefficient (Wildman–Crippen LogP) is 2.18. The number of ether oxygens (including phenoxy) is 1. The number of rotatable bonds is 5. The number of aliphatic carboxylic acids is 1. The number of anilines is 1. The van der Waals surface area contributed by atoms with Gasteiger partial charge in [0.25, 0.3) is 0 Å². The number of carboxylic acid groups (broad SMARTS) is 1. The molecule has 0 bridgehead atoms. The lowest BCUT2D eigenvalue weighted by atomic mass is 10.2. The van der Waals surface area contributed by atoms with E-state index in [1.807, 2.05) is 12.1 Å². The van der Waals surface area contributed by atoms with Gasteiger partial charge in [-0.05, 0) is 17.7 Å². The maximum atomic E-state index is 12.1. The van der Waals surface area contributed by atoms with Gasteiger partial charge in [0.05, 0.1) is 5.56 Å². The summed E-state index contributed by atoms with van der Waals surface area (Å²) in [6.45, 7) is -0.571. The summed E-state index contributed by atoms with van der Waals surface area (Å²) in [5.74, 6) is -1.10. The topological polar surface area (TPSA) is 104 Å². The third-order valence-electron chi connectivity index (χ3n) is 2.87. The highest BCUT2D eigenvalue weighted by atomic mass is 16.6. The second-order valence-corrected chi connectivity index (χ2v) is 4.54. The van der Waals surface area contributed by atoms with Crippen LogP contribution in [0.4, 0.5) is 10.6 Å². The zero-order valence-corrected chi connectivity index (χ0v) is 12.0. The van der Waals surface area contributed by atoms with Crippen LogP contribution in [-0.4, -0.2) is 28.7 Å². The molecule has 23 heavy (non-hydrogen) atoms. The minimum absolute atomic E-state index is 0.0199. The fourth-order valence-corrected chi connectivity index (χ4v) is 1.78. The van der Waals surface area contributed by atoms with E-state index in [0.717, 1.165) is 10.5 Å². The van der Waals surface area contributed by atoms with Gasteiger partial charge in [-0.15, -0.1) is 0 Å². The molecule has 0 atom stereocenters. The van der Waals surface area contributed by atoms with E-state index in [0.29, 0.717) is 5.56 Å². The van der Waals surface area contributed by atoms with Gasteiger partial charge >= 0.3 is 12.1 Å². The molecule has 7 heteroatoms. The van der Waals surface area contributed by atoms with Crippen LogP contribution in [0.5, 0.6) is 0 Å². The Morgan fingerprint density at radius 1 is 1.22 bits per heavy atom. The Kier molecular flexibility index (Phi) is 5.25. The first-order valence-electron chi connectivity index (χ1n) is 6.66. The standard InChI is InChI=1S/C16H13N3O4/c17-8-13-6-7-14(18-9-13)19(10-15(20)21)16(22)23-11-12-4-2-1-3-5-12/h1-7,9H,10-11H2,(H,20,21). The molecule has 0 aliphatic rings. The van der Waals surface area contributed by atoms with E-state index in [9.17, 15) is 9.59 Å². The minimum Gasteiger partial charge on any atom is -0.480 e. The monoisotopic (exact) mass is 311 g/mol. The normalized spacial score (nSPS) is 9.70. The zero-order chi connectivity index (χ0) is 16.7. The summed E-state index contributed by atoms with van der Waals surface area (Å²) in [6.07, 6.45) is 0.433. The average Bonchev–Trinajstić information content (AvgIpc) is 2.58. The van der Waals surface area contributed by atoms with Crippen molar-refractivity contribution in [2.45, 2.75) is 6.61 Å². The SMILES string of the molecule is N#Cc1ccc(N(CC(=O)O)C(=O)OCc2ccccc2)nc1. The lowest BCUT2D eigenvalue weighted by Crippen LogP contribution is -2.36. The summed E-state index contributed by atoms with van der Waals surface area (Å²) in [5.41, 5.74) is 1.09. The summed E-state index contributed by atoms with van der Waals surface area (Å²) >= 11 is 0. The molecule has 0 radical (unpaired) electrons. The number of carbonyl (C=O) groups is 2. The summed E-state index contributed by atoms with van der Waals surface area (Å²) < 4.78 is 5.12. The Bertz CT molecular complexity index is 723. The van der Waals surface area contributed by atoms with E-state index in [-0.39, 0.29) is 12.4 Å². The highest BCUT2D eigenvalue weighted by molar-refractivity contribution is 5.92. The Balaban J connectivity index is 2.11. The van der Waals surface area contributed by atoms with E-state index in [2.05, 4.69) is 4.98 Å². The average molecular weight is 311 g/mol. The number of pyridine rings is 1. The fraction of sp³-hybridized carbons (Fsp3) is 0.125. The molecule has 2 aromatic rings. The van der Waals surface area contributed by atoms with Crippen molar-refractivity contribution in [2.24, 2.45) is 0 Å². The fourth-order valence-electron chi connectivity index (χ4n) is 1.78. The van der Waals surface area contributed by atoms with Crippen LogP contribution in [0, 0.1) is 11.3 Å². The van der Waals surface area contributed by atoms with Crippen LogP contribution < -0.4 is 4.90 Å². The van der Waals surface area contributed by atoms with Crippen molar-refractivity contribution < 1.29 is 19.4 Å². The van der Waals surface area contributed by atoms with Crippen LogP contribution in [0.1, 0.15) is 11.1 Å². The van der Waals surface area contributed by atoms with Crippen molar-refractivity contribution in [2.75, 3.05) is 11.4 Å². The molecule has 0 aliphatic heterocycles. The maximum absolute atomic E-state index is 12.1. The highest BCUT2D eigenvalue weighted by Crippen LogP contribution is 2.13. The van der Waals surface area contributed by atoms with Crippen LogP contribution in [0.15, 0.2) is 48.7 Å². The van der Waals surface area contributed by atoms with Gasteiger partial charge < -0.3 is 9.84 Å². The minimum atomic E-state index is -1.20. The maximum Gasteiger partial charge on any atom is 0.416 e. The molecule has 1 aromatic carbocycles. The largest absolute Gasteiger partial charge is 0.480 e. The molecule has 2 rings (SSSR count). The third-order valence-corrected chi connectivity index (χ3v) is 2.87. The molecule has 0 aliphatic carbocycles. The first-order valence-corrected chi connectivity index (χ1v) is 6.66. The quantitative estimate of drug-likeness (QED) is 0.907. The van der Waals surface area contributed by atoms with Gasteiger partial charge in [0.2, 0.25) is 0 Å².